The number of aryl methyl sites for hydroxylation is 1. The van der Waals surface area contributed by atoms with Crippen LogP contribution in [0.3, 0.4) is 0 Å². The Morgan fingerprint density at radius 3 is 2.70 bits per heavy atom. The van der Waals surface area contributed by atoms with Gasteiger partial charge in [-0.05, 0) is 25.1 Å². The van der Waals surface area contributed by atoms with E-state index in [-0.39, 0.29) is 6.04 Å². The highest BCUT2D eigenvalue weighted by Crippen LogP contribution is 2.29. The van der Waals surface area contributed by atoms with Gasteiger partial charge < -0.3 is 14.8 Å². The summed E-state index contributed by atoms with van der Waals surface area (Å²) < 4.78 is 12.3. The van der Waals surface area contributed by atoms with E-state index < -0.39 is 0 Å². The molecule has 1 N–H and O–H groups in total. The Bertz CT molecular complexity index is 568. The predicted molar refractivity (Wildman–Crippen MR) is 75.8 cm³/mol. The van der Waals surface area contributed by atoms with Gasteiger partial charge in [0.15, 0.2) is 0 Å². The molecule has 0 saturated heterocycles. The summed E-state index contributed by atoms with van der Waals surface area (Å²) in [5, 5.41) is 11.4. The molecule has 0 spiro atoms. The second kappa shape index (κ2) is 6.38. The fourth-order valence-corrected chi connectivity index (χ4v) is 2.02. The molecule has 0 aliphatic carbocycles. The van der Waals surface area contributed by atoms with Crippen LogP contribution in [0.2, 0.25) is 0 Å². The van der Waals surface area contributed by atoms with Gasteiger partial charge in [-0.15, -0.1) is 5.10 Å². The van der Waals surface area contributed by atoms with Crippen LogP contribution in [0.25, 0.3) is 0 Å². The smallest absolute Gasteiger partial charge is 0.123 e. The van der Waals surface area contributed by atoms with Crippen LogP contribution in [-0.4, -0.2) is 29.2 Å². The maximum absolute atomic E-state index is 5.39. The van der Waals surface area contributed by atoms with Crippen LogP contribution in [0.5, 0.6) is 11.5 Å². The summed E-state index contributed by atoms with van der Waals surface area (Å²) in [5.74, 6) is 1.65. The monoisotopic (exact) mass is 276 g/mol. The van der Waals surface area contributed by atoms with Gasteiger partial charge in [0.05, 0.1) is 19.9 Å². The van der Waals surface area contributed by atoms with E-state index in [1.54, 1.807) is 18.9 Å². The Kier molecular flexibility index (Phi) is 4.57. The molecule has 20 heavy (non-hydrogen) atoms. The summed E-state index contributed by atoms with van der Waals surface area (Å²) in [4.78, 5) is 0. The third-order valence-corrected chi connectivity index (χ3v) is 3.14. The Hall–Kier alpha value is -2.08. The van der Waals surface area contributed by atoms with Gasteiger partial charge in [-0.1, -0.05) is 5.21 Å². The van der Waals surface area contributed by atoms with Gasteiger partial charge in [0, 0.05) is 31.4 Å². The fraction of sp³-hybridized carbons (Fsp3) is 0.429. The lowest BCUT2D eigenvalue weighted by Gasteiger charge is -2.17. The molecule has 0 aliphatic rings. The van der Waals surface area contributed by atoms with Crippen LogP contribution in [0.15, 0.2) is 24.4 Å². The van der Waals surface area contributed by atoms with Crippen molar-refractivity contribution in [2.75, 3.05) is 14.2 Å². The molecule has 1 heterocycles. The average molecular weight is 276 g/mol. The lowest BCUT2D eigenvalue weighted by atomic mass is 10.1. The Balaban J connectivity index is 2.09. The maximum atomic E-state index is 5.39. The van der Waals surface area contributed by atoms with Gasteiger partial charge in [0.25, 0.3) is 0 Å². The largest absolute Gasteiger partial charge is 0.497 e. The van der Waals surface area contributed by atoms with E-state index in [0.29, 0.717) is 6.54 Å². The van der Waals surface area contributed by atoms with Gasteiger partial charge in [-0.2, -0.15) is 0 Å². The molecular weight excluding hydrogens is 256 g/mol. The summed E-state index contributed by atoms with van der Waals surface area (Å²) in [6.07, 6.45) is 1.89. The zero-order valence-corrected chi connectivity index (χ0v) is 12.3. The van der Waals surface area contributed by atoms with Crippen LogP contribution in [0.1, 0.15) is 24.2 Å². The molecule has 2 rings (SSSR count). The first kappa shape index (κ1) is 14.3. The zero-order valence-electron chi connectivity index (χ0n) is 12.3. The topological polar surface area (TPSA) is 61.2 Å². The molecule has 1 aromatic heterocycles. The molecule has 0 bridgehead atoms. The third-order valence-electron chi connectivity index (χ3n) is 3.14. The Labute approximate surface area is 118 Å². The normalized spacial score (nSPS) is 12.2. The number of ether oxygens (including phenoxy) is 2. The number of methoxy groups -OCH3 is 2. The second-order valence-corrected chi connectivity index (χ2v) is 4.59. The first-order valence-electron chi connectivity index (χ1n) is 6.44. The first-order valence-corrected chi connectivity index (χ1v) is 6.44. The van der Waals surface area contributed by atoms with Crippen molar-refractivity contribution in [1.82, 2.24) is 20.3 Å². The molecule has 6 heteroatoms. The Morgan fingerprint density at radius 1 is 1.30 bits per heavy atom. The summed E-state index contributed by atoms with van der Waals surface area (Å²) >= 11 is 0. The first-order chi connectivity index (χ1) is 9.63. The minimum atomic E-state index is 0.113. The lowest BCUT2D eigenvalue weighted by molar-refractivity contribution is 0.391. The quantitative estimate of drug-likeness (QED) is 0.870. The molecule has 1 unspecified atom stereocenters. The maximum Gasteiger partial charge on any atom is 0.123 e. The SMILES string of the molecule is COc1ccc(OC)c(C(C)NCc2cn(C)nn2)c1. The molecule has 0 saturated carbocycles. The molecule has 0 radical (unpaired) electrons. The molecule has 6 nitrogen and oxygen atoms in total. The number of nitrogens with zero attached hydrogens (tertiary/aromatic N) is 3. The number of aromatic nitrogens is 3. The van der Waals surface area contributed by atoms with Crippen LogP contribution in [-0.2, 0) is 13.6 Å². The van der Waals surface area contributed by atoms with Gasteiger partial charge in [-0.3, -0.25) is 4.68 Å². The molecular formula is C14H20N4O2. The van der Waals surface area contributed by atoms with Crippen LogP contribution >= 0.6 is 0 Å². The highest BCUT2D eigenvalue weighted by atomic mass is 16.5. The number of nitrogens with one attached hydrogen (secondary N) is 1. The van der Waals surface area contributed by atoms with Crippen molar-refractivity contribution in [3.05, 3.63) is 35.7 Å². The van der Waals surface area contributed by atoms with Crippen molar-refractivity contribution in [1.29, 1.82) is 0 Å². The summed E-state index contributed by atoms with van der Waals surface area (Å²) in [6.45, 7) is 2.73. The van der Waals surface area contributed by atoms with E-state index >= 15 is 0 Å². The fourth-order valence-electron chi connectivity index (χ4n) is 2.02. The lowest BCUT2D eigenvalue weighted by Crippen LogP contribution is -2.19. The summed E-state index contributed by atoms with van der Waals surface area (Å²) in [7, 11) is 5.18. The number of rotatable bonds is 6. The molecule has 0 fully saturated rings. The van der Waals surface area contributed by atoms with E-state index in [1.165, 1.54) is 0 Å². The van der Waals surface area contributed by atoms with E-state index in [2.05, 4.69) is 22.6 Å². The number of hydrogen-bond donors (Lipinski definition) is 1. The van der Waals surface area contributed by atoms with Crippen molar-refractivity contribution in [2.24, 2.45) is 7.05 Å². The molecule has 1 aromatic carbocycles. The predicted octanol–water partition coefficient (Wildman–Crippen LogP) is 1.68. The Morgan fingerprint density at radius 2 is 2.10 bits per heavy atom. The highest BCUT2D eigenvalue weighted by molar-refractivity contribution is 5.42. The minimum Gasteiger partial charge on any atom is -0.497 e. The van der Waals surface area contributed by atoms with E-state index in [9.17, 15) is 0 Å². The van der Waals surface area contributed by atoms with Crippen molar-refractivity contribution in [3.8, 4) is 11.5 Å². The van der Waals surface area contributed by atoms with Crippen LogP contribution in [0.4, 0.5) is 0 Å². The van der Waals surface area contributed by atoms with Crippen molar-refractivity contribution in [3.63, 3.8) is 0 Å². The molecule has 108 valence electrons. The minimum absolute atomic E-state index is 0.113. The van der Waals surface area contributed by atoms with Gasteiger partial charge in [-0.25, -0.2) is 0 Å². The summed E-state index contributed by atoms with van der Waals surface area (Å²) in [6, 6.07) is 5.89. The van der Waals surface area contributed by atoms with Gasteiger partial charge in [0.1, 0.15) is 11.5 Å². The van der Waals surface area contributed by atoms with Crippen molar-refractivity contribution < 1.29 is 9.47 Å². The second-order valence-electron chi connectivity index (χ2n) is 4.59. The number of hydrogen-bond acceptors (Lipinski definition) is 5. The van der Waals surface area contributed by atoms with Gasteiger partial charge >= 0.3 is 0 Å². The summed E-state index contributed by atoms with van der Waals surface area (Å²) in [5.41, 5.74) is 1.96. The highest BCUT2D eigenvalue weighted by Gasteiger charge is 2.13. The van der Waals surface area contributed by atoms with E-state index in [0.717, 1.165) is 22.8 Å². The van der Waals surface area contributed by atoms with E-state index in [4.69, 9.17) is 9.47 Å². The van der Waals surface area contributed by atoms with Crippen LogP contribution in [0, 0.1) is 0 Å². The van der Waals surface area contributed by atoms with E-state index in [1.807, 2.05) is 31.4 Å². The molecule has 0 amide bonds. The average Bonchev–Trinajstić information content (AvgIpc) is 2.89. The van der Waals surface area contributed by atoms with Crippen molar-refractivity contribution >= 4 is 0 Å². The third kappa shape index (κ3) is 3.27. The molecule has 2 aromatic rings. The van der Waals surface area contributed by atoms with Gasteiger partial charge in [0.2, 0.25) is 0 Å². The molecule has 1 atom stereocenters. The van der Waals surface area contributed by atoms with Crippen molar-refractivity contribution in [2.45, 2.75) is 19.5 Å². The van der Waals surface area contributed by atoms with Crippen LogP contribution < -0.4 is 14.8 Å². The molecule has 0 aliphatic heterocycles. The zero-order chi connectivity index (χ0) is 14.5. The number of benzene rings is 1. The standard InChI is InChI=1S/C14H20N4O2/c1-10(15-8-11-9-18(2)17-16-11)13-7-12(19-3)5-6-14(13)20-4/h5-7,9-10,15H,8H2,1-4H3.